The first-order valence-electron chi connectivity index (χ1n) is 6.80. The summed E-state index contributed by atoms with van der Waals surface area (Å²) in [6, 6.07) is 2.60. The number of hydrogen-bond donors (Lipinski definition) is 2. The average Bonchev–Trinajstić information content (AvgIpc) is 3.02. The number of hydrogen-bond acceptors (Lipinski definition) is 2. The van der Waals surface area contributed by atoms with Crippen LogP contribution in [0.1, 0.15) is 26.7 Å². The minimum absolute atomic E-state index is 0.486. The van der Waals surface area contributed by atoms with Crippen molar-refractivity contribution < 1.29 is 0 Å². The molecule has 18 heavy (non-hydrogen) atoms. The summed E-state index contributed by atoms with van der Waals surface area (Å²) >= 11 is 0. The molecule has 1 aromatic rings. The molecule has 0 aromatic carbocycles. The Bertz CT molecular complexity index is 367. The van der Waals surface area contributed by atoms with E-state index in [1.54, 1.807) is 0 Å². The standard InChI is InChI=1S/C13H23N5/c1-3-14-13(17-12-5-6-12)15-9-11(2)10-18-8-4-7-16-18/h4,7-8,11-12H,3,5-6,9-10H2,1-2H3,(H2,14,15,17). The third-order valence-corrected chi connectivity index (χ3v) is 2.88. The molecule has 1 saturated carbocycles. The molecule has 1 atom stereocenters. The summed E-state index contributed by atoms with van der Waals surface area (Å²) in [7, 11) is 0. The summed E-state index contributed by atoms with van der Waals surface area (Å²) in [5, 5.41) is 10.9. The van der Waals surface area contributed by atoms with Crippen molar-refractivity contribution in [3.05, 3.63) is 18.5 Å². The van der Waals surface area contributed by atoms with Crippen LogP contribution in [0.25, 0.3) is 0 Å². The minimum Gasteiger partial charge on any atom is -0.357 e. The van der Waals surface area contributed by atoms with Crippen LogP contribution in [0, 0.1) is 5.92 Å². The topological polar surface area (TPSA) is 54.2 Å². The molecule has 5 nitrogen and oxygen atoms in total. The molecule has 1 aliphatic carbocycles. The number of aliphatic imine (C=N–C) groups is 1. The summed E-state index contributed by atoms with van der Waals surface area (Å²) in [6.45, 7) is 6.94. The molecule has 0 aliphatic heterocycles. The Kier molecular flexibility index (Phi) is 4.61. The lowest BCUT2D eigenvalue weighted by atomic mass is 10.2. The fourth-order valence-electron chi connectivity index (χ4n) is 1.77. The van der Waals surface area contributed by atoms with E-state index in [4.69, 9.17) is 0 Å². The Morgan fingerprint density at radius 2 is 2.39 bits per heavy atom. The van der Waals surface area contributed by atoms with Crippen molar-refractivity contribution in [3.8, 4) is 0 Å². The van der Waals surface area contributed by atoms with Crippen LogP contribution >= 0.6 is 0 Å². The first kappa shape index (κ1) is 12.9. The minimum atomic E-state index is 0.486. The van der Waals surface area contributed by atoms with E-state index < -0.39 is 0 Å². The molecule has 0 spiro atoms. The van der Waals surface area contributed by atoms with Gasteiger partial charge in [0.05, 0.1) is 0 Å². The SMILES string of the molecule is CCNC(=NCC(C)Cn1cccn1)NC1CC1. The van der Waals surface area contributed by atoms with E-state index >= 15 is 0 Å². The smallest absolute Gasteiger partial charge is 0.191 e. The fourth-order valence-corrected chi connectivity index (χ4v) is 1.77. The van der Waals surface area contributed by atoms with Gasteiger partial charge in [-0.25, -0.2) is 0 Å². The summed E-state index contributed by atoms with van der Waals surface area (Å²) in [6.07, 6.45) is 6.35. The third-order valence-electron chi connectivity index (χ3n) is 2.88. The first-order valence-corrected chi connectivity index (χ1v) is 6.80. The van der Waals surface area contributed by atoms with Gasteiger partial charge < -0.3 is 10.6 Å². The van der Waals surface area contributed by atoms with Crippen LogP contribution in [0.5, 0.6) is 0 Å². The van der Waals surface area contributed by atoms with E-state index in [0.29, 0.717) is 12.0 Å². The molecule has 5 heteroatoms. The highest BCUT2D eigenvalue weighted by atomic mass is 15.3. The van der Waals surface area contributed by atoms with E-state index in [1.807, 2.05) is 23.1 Å². The van der Waals surface area contributed by atoms with E-state index in [-0.39, 0.29) is 0 Å². The lowest BCUT2D eigenvalue weighted by Gasteiger charge is -2.13. The molecular formula is C13H23N5. The van der Waals surface area contributed by atoms with Gasteiger partial charge in [-0.1, -0.05) is 6.92 Å². The molecule has 1 aromatic heterocycles. The monoisotopic (exact) mass is 249 g/mol. The zero-order valence-corrected chi connectivity index (χ0v) is 11.3. The second-order valence-electron chi connectivity index (χ2n) is 4.97. The summed E-state index contributed by atoms with van der Waals surface area (Å²) in [5.41, 5.74) is 0. The highest BCUT2D eigenvalue weighted by Gasteiger charge is 2.22. The van der Waals surface area contributed by atoms with Crippen molar-refractivity contribution in [1.29, 1.82) is 0 Å². The number of nitrogens with one attached hydrogen (secondary N) is 2. The maximum atomic E-state index is 4.63. The van der Waals surface area contributed by atoms with Crippen molar-refractivity contribution in [3.63, 3.8) is 0 Å². The van der Waals surface area contributed by atoms with E-state index in [1.165, 1.54) is 12.8 Å². The Hall–Kier alpha value is -1.52. The molecule has 0 amide bonds. The van der Waals surface area contributed by atoms with Crippen LogP contribution in [0.2, 0.25) is 0 Å². The molecular weight excluding hydrogens is 226 g/mol. The van der Waals surface area contributed by atoms with Crippen molar-refractivity contribution in [2.75, 3.05) is 13.1 Å². The quantitative estimate of drug-likeness (QED) is 0.589. The molecule has 0 saturated heterocycles. The lowest BCUT2D eigenvalue weighted by Crippen LogP contribution is -2.38. The molecule has 1 unspecified atom stereocenters. The van der Waals surface area contributed by atoms with Gasteiger partial charge in [0.15, 0.2) is 5.96 Å². The third kappa shape index (κ3) is 4.39. The van der Waals surface area contributed by atoms with Crippen LogP contribution in [0.3, 0.4) is 0 Å². The van der Waals surface area contributed by atoms with E-state index in [0.717, 1.165) is 25.6 Å². The lowest BCUT2D eigenvalue weighted by molar-refractivity contribution is 0.458. The van der Waals surface area contributed by atoms with Gasteiger partial charge in [0.1, 0.15) is 0 Å². The molecule has 2 N–H and O–H groups in total. The van der Waals surface area contributed by atoms with Crippen molar-refractivity contribution in [2.45, 2.75) is 39.3 Å². The highest BCUT2D eigenvalue weighted by Crippen LogP contribution is 2.18. The Balaban J connectivity index is 1.78. The molecule has 1 fully saturated rings. The summed E-state index contributed by atoms with van der Waals surface area (Å²) in [5.74, 6) is 1.44. The van der Waals surface area contributed by atoms with Crippen molar-refractivity contribution in [2.24, 2.45) is 10.9 Å². The first-order chi connectivity index (χ1) is 8.78. The molecule has 1 aliphatic rings. The Labute approximate surface area is 109 Å². The normalized spacial score (nSPS) is 17.6. The molecule has 0 radical (unpaired) electrons. The number of rotatable bonds is 6. The van der Waals surface area contributed by atoms with E-state index in [9.17, 15) is 0 Å². The van der Waals surface area contributed by atoms with Gasteiger partial charge in [-0.2, -0.15) is 5.10 Å². The summed E-state index contributed by atoms with van der Waals surface area (Å²) in [4.78, 5) is 4.63. The molecule has 100 valence electrons. The number of guanidine groups is 1. The van der Waals surface area contributed by atoms with Crippen LogP contribution in [0.15, 0.2) is 23.5 Å². The van der Waals surface area contributed by atoms with Crippen LogP contribution in [0.4, 0.5) is 0 Å². The van der Waals surface area contributed by atoms with E-state index in [2.05, 4.69) is 34.6 Å². The maximum Gasteiger partial charge on any atom is 0.191 e. The van der Waals surface area contributed by atoms with Gasteiger partial charge in [-0.05, 0) is 31.7 Å². The second kappa shape index (κ2) is 6.42. The maximum absolute atomic E-state index is 4.63. The van der Waals surface area contributed by atoms with Crippen LogP contribution in [-0.2, 0) is 6.54 Å². The molecule has 0 bridgehead atoms. The van der Waals surface area contributed by atoms with Crippen LogP contribution < -0.4 is 10.6 Å². The number of nitrogens with zero attached hydrogens (tertiary/aromatic N) is 3. The zero-order chi connectivity index (χ0) is 12.8. The largest absolute Gasteiger partial charge is 0.357 e. The molecule has 1 heterocycles. The Morgan fingerprint density at radius 1 is 1.56 bits per heavy atom. The van der Waals surface area contributed by atoms with Crippen molar-refractivity contribution in [1.82, 2.24) is 20.4 Å². The fraction of sp³-hybridized carbons (Fsp3) is 0.692. The van der Waals surface area contributed by atoms with Gasteiger partial charge in [0.25, 0.3) is 0 Å². The zero-order valence-electron chi connectivity index (χ0n) is 11.3. The predicted octanol–water partition coefficient (Wildman–Crippen LogP) is 1.24. The molecule has 2 rings (SSSR count). The second-order valence-corrected chi connectivity index (χ2v) is 4.97. The van der Waals surface area contributed by atoms with Crippen LogP contribution in [-0.4, -0.2) is 34.9 Å². The average molecular weight is 249 g/mol. The van der Waals surface area contributed by atoms with Gasteiger partial charge in [-0.15, -0.1) is 0 Å². The highest BCUT2D eigenvalue weighted by molar-refractivity contribution is 5.80. The predicted molar refractivity (Wildman–Crippen MR) is 73.5 cm³/mol. The Morgan fingerprint density at radius 3 is 3.00 bits per heavy atom. The summed E-state index contributed by atoms with van der Waals surface area (Å²) < 4.78 is 1.96. The van der Waals surface area contributed by atoms with Gasteiger partial charge in [0.2, 0.25) is 0 Å². The van der Waals surface area contributed by atoms with Gasteiger partial charge >= 0.3 is 0 Å². The van der Waals surface area contributed by atoms with Crippen molar-refractivity contribution >= 4 is 5.96 Å². The number of aromatic nitrogens is 2. The van der Waals surface area contributed by atoms with Gasteiger partial charge in [-0.3, -0.25) is 9.67 Å². The van der Waals surface area contributed by atoms with Gasteiger partial charge in [0, 0.05) is 38.1 Å².